The molecule has 114 valence electrons. The van der Waals surface area contributed by atoms with Gasteiger partial charge in [0.05, 0.1) is 39.9 Å². The standard InChI is InChI=1S/C12H18O8/c1-17-9(13)3-5-11(15)19-7-8-20-12(16)6-4-10(14)18-2/h3-8H2,1-2H3. The summed E-state index contributed by atoms with van der Waals surface area (Å²) in [6.07, 6.45) is -0.311. The van der Waals surface area contributed by atoms with Crippen molar-refractivity contribution in [3.8, 4) is 0 Å². The Kier molecular flexibility index (Phi) is 9.63. The van der Waals surface area contributed by atoms with Gasteiger partial charge >= 0.3 is 23.9 Å². The Morgan fingerprint density at radius 2 is 0.900 bits per heavy atom. The second-order valence-corrected chi connectivity index (χ2v) is 3.59. The van der Waals surface area contributed by atoms with E-state index < -0.39 is 23.9 Å². The molecular formula is C12H18O8. The minimum atomic E-state index is -0.582. The second kappa shape index (κ2) is 10.8. The first-order chi connectivity index (χ1) is 9.49. The lowest BCUT2D eigenvalue weighted by atomic mass is 10.3. The minimum Gasteiger partial charge on any atom is -0.469 e. The van der Waals surface area contributed by atoms with Gasteiger partial charge in [-0.1, -0.05) is 0 Å². The van der Waals surface area contributed by atoms with Crippen LogP contribution in [0.15, 0.2) is 0 Å². The van der Waals surface area contributed by atoms with Gasteiger partial charge in [-0.25, -0.2) is 0 Å². The molecule has 0 rings (SSSR count). The zero-order chi connectivity index (χ0) is 15.4. The Hall–Kier alpha value is -2.12. The predicted molar refractivity (Wildman–Crippen MR) is 64.4 cm³/mol. The van der Waals surface area contributed by atoms with Crippen LogP contribution in [-0.2, 0) is 38.1 Å². The smallest absolute Gasteiger partial charge is 0.306 e. The Labute approximate surface area is 116 Å². The molecule has 0 unspecified atom stereocenters. The van der Waals surface area contributed by atoms with Crippen molar-refractivity contribution in [2.75, 3.05) is 27.4 Å². The molecule has 0 aromatic carbocycles. The van der Waals surface area contributed by atoms with Crippen LogP contribution in [0.2, 0.25) is 0 Å². The summed E-state index contributed by atoms with van der Waals surface area (Å²) in [5.74, 6) is -2.17. The van der Waals surface area contributed by atoms with E-state index in [0.717, 1.165) is 0 Å². The molecule has 0 fully saturated rings. The van der Waals surface area contributed by atoms with Crippen molar-refractivity contribution in [3.05, 3.63) is 0 Å². The lowest BCUT2D eigenvalue weighted by Gasteiger charge is -2.06. The van der Waals surface area contributed by atoms with Crippen molar-refractivity contribution in [2.24, 2.45) is 0 Å². The quantitative estimate of drug-likeness (QED) is 0.331. The highest BCUT2D eigenvalue weighted by atomic mass is 16.6. The van der Waals surface area contributed by atoms with E-state index in [4.69, 9.17) is 9.47 Å². The van der Waals surface area contributed by atoms with E-state index in [-0.39, 0.29) is 38.9 Å². The molecule has 0 aliphatic rings. The maximum Gasteiger partial charge on any atom is 0.306 e. The fourth-order valence-electron chi connectivity index (χ4n) is 1.07. The predicted octanol–water partition coefficient (Wildman–Crippen LogP) is -0.0208. The maximum atomic E-state index is 11.1. The van der Waals surface area contributed by atoms with Crippen LogP contribution in [0.4, 0.5) is 0 Å². The molecule has 0 aromatic heterocycles. The fraction of sp³-hybridized carbons (Fsp3) is 0.667. The SMILES string of the molecule is COC(=O)CCC(=O)OCCOC(=O)CCC(=O)OC. The van der Waals surface area contributed by atoms with E-state index >= 15 is 0 Å². The third-order valence-corrected chi connectivity index (χ3v) is 2.13. The van der Waals surface area contributed by atoms with Gasteiger partial charge in [-0.15, -0.1) is 0 Å². The van der Waals surface area contributed by atoms with Crippen molar-refractivity contribution >= 4 is 23.9 Å². The van der Waals surface area contributed by atoms with Crippen LogP contribution >= 0.6 is 0 Å². The summed E-state index contributed by atoms with van der Waals surface area (Å²) < 4.78 is 18.2. The summed E-state index contributed by atoms with van der Waals surface area (Å²) in [5.41, 5.74) is 0. The third-order valence-electron chi connectivity index (χ3n) is 2.13. The molecule has 0 spiro atoms. The van der Waals surface area contributed by atoms with E-state index in [0.29, 0.717) is 0 Å². The van der Waals surface area contributed by atoms with E-state index in [1.807, 2.05) is 0 Å². The summed E-state index contributed by atoms with van der Waals surface area (Å²) in [7, 11) is 2.45. The van der Waals surface area contributed by atoms with Crippen LogP contribution in [0.5, 0.6) is 0 Å². The summed E-state index contributed by atoms with van der Waals surface area (Å²) in [4.78, 5) is 43.8. The van der Waals surface area contributed by atoms with E-state index in [1.165, 1.54) is 14.2 Å². The summed E-state index contributed by atoms with van der Waals surface area (Å²) >= 11 is 0. The van der Waals surface area contributed by atoms with Gasteiger partial charge < -0.3 is 18.9 Å². The van der Waals surface area contributed by atoms with Crippen LogP contribution in [0, 0.1) is 0 Å². The van der Waals surface area contributed by atoms with E-state index in [2.05, 4.69) is 9.47 Å². The molecule has 0 saturated carbocycles. The van der Waals surface area contributed by atoms with Crippen LogP contribution in [-0.4, -0.2) is 51.3 Å². The number of carbonyl (C=O) groups is 4. The molecule has 0 aliphatic heterocycles. The number of methoxy groups -OCH3 is 2. The monoisotopic (exact) mass is 290 g/mol. The highest BCUT2D eigenvalue weighted by Crippen LogP contribution is 1.97. The Balaban J connectivity index is 3.55. The van der Waals surface area contributed by atoms with Crippen molar-refractivity contribution in [2.45, 2.75) is 25.7 Å². The average molecular weight is 290 g/mol. The second-order valence-electron chi connectivity index (χ2n) is 3.59. The van der Waals surface area contributed by atoms with Gasteiger partial charge in [-0.3, -0.25) is 19.2 Å². The average Bonchev–Trinajstić information content (AvgIpc) is 2.46. The molecule has 8 nitrogen and oxygen atoms in total. The van der Waals surface area contributed by atoms with Crippen molar-refractivity contribution in [1.82, 2.24) is 0 Å². The highest BCUT2D eigenvalue weighted by Gasteiger charge is 2.10. The Bertz CT molecular complexity index is 315. The Morgan fingerprint density at radius 1 is 0.600 bits per heavy atom. The molecule has 0 heterocycles. The number of esters is 4. The number of ether oxygens (including phenoxy) is 4. The first-order valence-corrected chi connectivity index (χ1v) is 5.94. The van der Waals surface area contributed by atoms with Crippen LogP contribution in [0.3, 0.4) is 0 Å². The molecule has 0 radical (unpaired) electrons. The van der Waals surface area contributed by atoms with Crippen molar-refractivity contribution in [3.63, 3.8) is 0 Å². The Morgan fingerprint density at radius 3 is 1.20 bits per heavy atom. The lowest BCUT2D eigenvalue weighted by molar-refractivity contribution is -0.154. The summed E-state index contributed by atoms with van der Waals surface area (Å²) in [6.45, 7) is -0.214. The minimum absolute atomic E-state index is 0.0613. The zero-order valence-electron chi connectivity index (χ0n) is 11.5. The molecular weight excluding hydrogens is 272 g/mol. The van der Waals surface area contributed by atoms with Crippen LogP contribution < -0.4 is 0 Å². The molecule has 0 bridgehead atoms. The van der Waals surface area contributed by atoms with Crippen molar-refractivity contribution < 1.29 is 38.1 Å². The number of rotatable bonds is 9. The fourth-order valence-corrected chi connectivity index (χ4v) is 1.07. The molecule has 0 aliphatic carbocycles. The van der Waals surface area contributed by atoms with E-state index in [9.17, 15) is 19.2 Å². The third kappa shape index (κ3) is 9.86. The molecule has 8 heteroatoms. The molecule has 0 N–H and O–H groups in total. The molecule has 0 saturated heterocycles. The maximum absolute atomic E-state index is 11.1. The van der Waals surface area contributed by atoms with Gasteiger partial charge in [-0.2, -0.15) is 0 Å². The van der Waals surface area contributed by atoms with Gasteiger partial charge in [0, 0.05) is 0 Å². The molecule has 20 heavy (non-hydrogen) atoms. The molecule has 0 aromatic rings. The first kappa shape index (κ1) is 17.9. The lowest BCUT2D eigenvalue weighted by Crippen LogP contribution is -2.15. The highest BCUT2D eigenvalue weighted by molar-refractivity contribution is 5.78. The van der Waals surface area contributed by atoms with Gasteiger partial charge in [-0.05, 0) is 0 Å². The van der Waals surface area contributed by atoms with Gasteiger partial charge in [0.25, 0.3) is 0 Å². The number of hydrogen-bond donors (Lipinski definition) is 0. The van der Waals surface area contributed by atoms with Crippen LogP contribution in [0.25, 0.3) is 0 Å². The van der Waals surface area contributed by atoms with Crippen molar-refractivity contribution in [1.29, 1.82) is 0 Å². The molecule has 0 atom stereocenters. The normalized spacial score (nSPS) is 9.50. The molecule has 0 amide bonds. The zero-order valence-corrected chi connectivity index (χ0v) is 11.5. The van der Waals surface area contributed by atoms with Gasteiger partial charge in [0.15, 0.2) is 0 Å². The summed E-state index contributed by atoms with van der Waals surface area (Å²) in [5, 5.41) is 0. The van der Waals surface area contributed by atoms with Crippen LogP contribution in [0.1, 0.15) is 25.7 Å². The largest absolute Gasteiger partial charge is 0.469 e. The van der Waals surface area contributed by atoms with E-state index in [1.54, 1.807) is 0 Å². The number of hydrogen-bond acceptors (Lipinski definition) is 8. The number of carbonyl (C=O) groups excluding carboxylic acids is 4. The van der Waals surface area contributed by atoms with Gasteiger partial charge in [0.1, 0.15) is 13.2 Å². The summed E-state index contributed by atoms with van der Waals surface area (Å²) in [6, 6.07) is 0. The topological polar surface area (TPSA) is 105 Å². The first-order valence-electron chi connectivity index (χ1n) is 5.94. The van der Waals surface area contributed by atoms with Gasteiger partial charge in [0.2, 0.25) is 0 Å².